The van der Waals surface area contributed by atoms with Gasteiger partial charge in [0.05, 0.1) is 0 Å². The molecule has 15 heavy (non-hydrogen) atoms. The summed E-state index contributed by atoms with van der Waals surface area (Å²) in [4.78, 5) is 0. The number of hydrogen-bond acceptors (Lipinski definition) is 2. The fourth-order valence-corrected chi connectivity index (χ4v) is 2.79. The molecule has 0 atom stereocenters. The van der Waals surface area contributed by atoms with Crippen LogP contribution in [0.15, 0.2) is 0 Å². The maximum Gasteiger partial charge on any atom is -0.0222 e. The summed E-state index contributed by atoms with van der Waals surface area (Å²) in [7, 11) is 1.35. The van der Waals surface area contributed by atoms with E-state index in [2.05, 4.69) is 64.7 Å². The molecule has 0 aromatic heterocycles. The van der Waals surface area contributed by atoms with E-state index in [1.54, 1.807) is 0 Å². The summed E-state index contributed by atoms with van der Waals surface area (Å²) >= 11 is 0. The number of rotatable bonds is 6. The summed E-state index contributed by atoms with van der Waals surface area (Å²) in [5.74, 6) is 0. The van der Waals surface area contributed by atoms with Crippen LogP contribution in [0.3, 0.4) is 0 Å². The van der Waals surface area contributed by atoms with Crippen molar-refractivity contribution in [2.24, 2.45) is 0 Å². The van der Waals surface area contributed by atoms with Crippen molar-refractivity contribution in [2.45, 2.75) is 79.6 Å². The fourth-order valence-electron chi connectivity index (χ4n) is 1.72. The van der Waals surface area contributed by atoms with Crippen molar-refractivity contribution in [1.29, 1.82) is 0 Å². The van der Waals surface area contributed by atoms with Crippen LogP contribution >= 0.6 is 8.88 Å². The van der Waals surface area contributed by atoms with E-state index in [4.69, 9.17) is 0 Å². The van der Waals surface area contributed by atoms with Gasteiger partial charge in [0.1, 0.15) is 0 Å². The monoisotopic (exact) mass is 231 g/mol. The van der Waals surface area contributed by atoms with Gasteiger partial charge in [0.2, 0.25) is 0 Å². The van der Waals surface area contributed by atoms with Gasteiger partial charge in [-0.05, 0) is 24.2 Å². The van der Waals surface area contributed by atoms with Crippen LogP contribution in [-0.2, 0) is 0 Å². The molecule has 0 rings (SSSR count). The maximum absolute atomic E-state index is 2.51. The molecular formula is C12H28N2P-. The topological polar surface area (TPSA) is 6.48 Å². The highest BCUT2D eigenvalue weighted by molar-refractivity contribution is 7.32. The van der Waals surface area contributed by atoms with Gasteiger partial charge in [0, 0.05) is 0 Å². The van der Waals surface area contributed by atoms with E-state index in [0.29, 0.717) is 24.2 Å². The molecule has 0 spiro atoms. The van der Waals surface area contributed by atoms with E-state index >= 15 is 0 Å². The lowest BCUT2D eigenvalue weighted by atomic mass is 10.3. The van der Waals surface area contributed by atoms with Gasteiger partial charge in [-0.2, -0.15) is 0 Å². The summed E-state index contributed by atoms with van der Waals surface area (Å²) in [6.07, 6.45) is 0. The van der Waals surface area contributed by atoms with Gasteiger partial charge in [-0.3, -0.25) is 0 Å². The lowest BCUT2D eigenvalue weighted by Crippen LogP contribution is -2.38. The van der Waals surface area contributed by atoms with Crippen LogP contribution in [0.4, 0.5) is 0 Å². The van der Waals surface area contributed by atoms with E-state index in [1.807, 2.05) is 0 Å². The van der Waals surface area contributed by atoms with Crippen molar-refractivity contribution < 1.29 is 0 Å². The molecule has 0 amide bonds. The molecule has 92 valence electrons. The molecule has 0 aromatic carbocycles. The van der Waals surface area contributed by atoms with Crippen LogP contribution in [0.25, 0.3) is 0 Å². The first kappa shape index (κ1) is 15.3. The van der Waals surface area contributed by atoms with Gasteiger partial charge in [-0.1, -0.05) is 55.4 Å². The minimum atomic E-state index is 0.603. The van der Waals surface area contributed by atoms with Crippen LogP contribution in [0.2, 0.25) is 0 Å². The first-order valence-corrected chi connectivity index (χ1v) is 6.85. The van der Waals surface area contributed by atoms with Crippen LogP contribution in [0.1, 0.15) is 55.4 Å². The lowest BCUT2D eigenvalue weighted by molar-refractivity contribution is 0.267. The molecule has 0 heterocycles. The quantitative estimate of drug-likeness (QED) is 0.637. The number of nitrogens with zero attached hydrogens (tertiary/aromatic N) is 2. The molecule has 2 nitrogen and oxygen atoms in total. The van der Waals surface area contributed by atoms with Gasteiger partial charge in [-0.25, -0.2) is 0 Å². The zero-order valence-corrected chi connectivity index (χ0v) is 12.5. The van der Waals surface area contributed by atoms with Crippen molar-refractivity contribution in [2.75, 3.05) is 0 Å². The molecular weight excluding hydrogens is 203 g/mol. The average Bonchev–Trinajstić information content (AvgIpc) is 2.01. The predicted octanol–water partition coefficient (Wildman–Crippen LogP) is 4.00. The molecule has 0 N–H and O–H groups in total. The maximum atomic E-state index is 2.51. The Morgan fingerprint density at radius 3 is 0.867 bits per heavy atom. The minimum absolute atomic E-state index is 0.603. The highest BCUT2D eigenvalue weighted by Crippen LogP contribution is 2.32. The highest BCUT2D eigenvalue weighted by Gasteiger charge is 2.09. The van der Waals surface area contributed by atoms with Gasteiger partial charge in [0.15, 0.2) is 0 Å². The molecule has 3 heteroatoms. The molecule has 0 fully saturated rings. The summed E-state index contributed by atoms with van der Waals surface area (Å²) in [5, 5.41) is 0. The average molecular weight is 231 g/mol. The Labute approximate surface area is 98.3 Å². The summed E-state index contributed by atoms with van der Waals surface area (Å²) in [6.45, 7) is 18.2. The Morgan fingerprint density at radius 1 is 0.533 bits per heavy atom. The SMILES string of the molecule is CC(C)N([P-]N(C(C)C)C(C)C)C(C)C. The summed E-state index contributed by atoms with van der Waals surface area (Å²) in [6, 6.07) is 2.41. The lowest BCUT2D eigenvalue weighted by Gasteiger charge is -2.54. The Kier molecular flexibility index (Phi) is 6.99. The van der Waals surface area contributed by atoms with Crippen LogP contribution < -0.4 is 0 Å². The van der Waals surface area contributed by atoms with Gasteiger partial charge >= 0.3 is 0 Å². The Hall–Kier alpha value is 0.350. The second-order valence-electron chi connectivity index (χ2n) is 5.22. The van der Waals surface area contributed by atoms with Crippen LogP contribution in [-0.4, -0.2) is 33.5 Å². The van der Waals surface area contributed by atoms with E-state index in [1.165, 1.54) is 8.88 Å². The van der Waals surface area contributed by atoms with E-state index in [-0.39, 0.29) is 0 Å². The normalized spacial score (nSPS) is 13.2. The highest BCUT2D eigenvalue weighted by atomic mass is 31.1. The largest absolute Gasteiger partial charge is 0.441 e. The molecule has 0 saturated carbocycles. The zero-order valence-electron chi connectivity index (χ0n) is 11.7. The standard InChI is InChI=1S/C12H28N2P/c1-9(2)13(10(3)4)15-14(11(5)6)12(7)8/h9-12H,1-8H3/q-1. The molecule has 0 saturated heterocycles. The Balaban J connectivity index is 4.48. The third kappa shape index (κ3) is 5.29. The Morgan fingerprint density at radius 2 is 0.733 bits per heavy atom. The van der Waals surface area contributed by atoms with Crippen molar-refractivity contribution in [3.63, 3.8) is 0 Å². The van der Waals surface area contributed by atoms with E-state index in [0.717, 1.165) is 0 Å². The molecule has 0 aromatic rings. The smallest absolute Gasteiger partial charge is 0.0222 e. The van der Waals surface area contributed by atoms with Gasteiger partial charge in [-0.15, -0.1) is 0 Å². The third-order valence-corrected chi connectivity index (χ3v) is 4.58. The molecule has 0 aliphatic heterocycles. The first-order chi connectivity index (χ1) is 6.77. The van der Waals surface area contributed by atoms with E-state index in [9.17, 15) is 0 Å². The van der Waals surface area contributed by atoms with E-state index < -0.39 is 0 Å². The molecule has 0 radical (unpaired) electrons. The minimum Gasteiger partial charge on any atom is -0.441 e. The van der Waals surface area contributed by atoms with Gasteiger partial charge in [0.25, 0.3) is 0 Å². The number of hydrogen-bond donors (Lipinski definition) is 0. The van der Waals surface area contributed by atoms with Crippen molar-refractivity contribution >= 4 is 8.88 Å². The summed E-state index contributed by atoms with van der Waals surface area (Å²) in [5.41, 5.74) is 0. The fraction of sp³-hybridized carbons (Fsp3) is 1.00. The summed E-state index contributed by atoms with van der Waals surface area (Å²) < 4.78 is 5.03. The van der Waals surface area contributed by atoms with Crippen LogP contribution in [0.5, 0.6) is 0 Å². The van der Waals surface area contributed by atoms with Crippen molar-refractivity contribution in [3.05, 3.63) is 0 Å². The van der Waals surface area contributed by atoms with Crippen LogP contribution in [0, 0.1) is 0 Å². The molecule has 0 unspecified atom stereocenters. The predicted molar refractivity (Wildman–Crippen MR) is 71.1 cm³/mol. The second kappa shape index (κ2) is 6.83. The van der Waals surface area contributed by atoms with Crippen molar-refractivity contribution in [3.8, 4) is 0 Å². The second-order valence-corrected chi connectivity index (χ2v) is 6.33. The zero-order chi connectivity index (χ0) is 12.2. The molecule has 0 aliphatic carbocycles. The third-order valence-electron chi connectivity index (χ3n) is 2.32. The Bertz CT molecular complexity index is 133. The molecule has 0 bridgehead atoms. The molecule has 0 aliphatic rings. The van der Waals surface area contributed by atoms with Gasteiger partial charge < -0.3 is 18.2 Å². The van der Waals surface area contributed by atoms with Crippen molar-refractivity contribution in [1.82, 2.24) is 9.34 Å². The first-order valence-electron chi connectivity index (χ1n) is 6.05.